The molecule has 0 aromatic carbocycles. The van der Waals surface area contributed by atoms with E-state index in [0.29, 0.717) is 31.7 Å². The van der Waals surface area contributed by atoms with Gasteiger partial charge in [-0.3, -0.25) is 14.6 Å². The minimum atomic E-state index is 0.00613. The Morgan fingerprint density at radius 1 is 1.11 bits per heavy atom. The van der Waals surface area contributed by atoms with Crippen molar-refractivity contribution in [1.82, 2.24) is 14.8 Å². The van der Waals surface area contributed by atoms with Crippen molar-refractivity contribution in [3.05, 3.63) is 30.1 Å². The van der Waals surface area contributed by atoms with E-state index >= 15 is 0 Å². The van der Waals surface area contributed by atoms with Crippen molar-refractivity contribution < 1.29 is 9.59 Å². The molecule has 100 valence electrons. The second-order valence-electron chi connectivity index (χ2n) is 5.13. The fraction of sp³-hybridized carbons (Fsp3) is 0.500. The minimum absolute atomic E-state index is 0.00613. The predicted octanol–water partition coefficient (Wildman–Crippen LogP) is 0.776. The molecule has 2 aliphatic rings. The molecule has 1 aromatic heterocycles. The van der Waals surface area contributed by atoms with Crippen LogP contribution < -0.4 is 0 Å². The Kier molecular flexibility index (Phi) is 3.19. The van der Waals surface area contributed by atoms with Gasteiger partial charge in [0.25, 0.3) is 5.91 Å². The normalized spacial score (nSPS) is 19.4. The molecule has 0 atom stereocenters. The smallest absolute Gasteiger partial charge is 0.255 e. The molecule has 2 heterocycles. The van der Waals surface area contributed by atoms with Crippen LogP contribution in [-0.2, 0) is 4.79 Å². The van der Waals surface area contributed by atoms with Crippen LogP contribution in [-0.4, -0.2) is 52.8 Å². The molecule has 0 radical (unpaired) electrons. The molecule has 5 nitrogen and oxygen atoms in total. The highest BCUT2D eigenvalue weighted by atomic mass is 16.2. The summed E-state index contributed by atoms with van der Waals surface area (Å²) < 4.78 is 0. The third-order valence-electron chi connectivity index (χ3n) is 3.71. The van der Waals surface area contributed by atoms with E-state index < -0.39 is 0 Å². The lowest BCUT2D eigenvalue weighted by molar-refractivity contribution is -0.134. The summed E-state index contributed by atoms with van der Waals surface area (Å²) in [7, 11) is 0. The maximum Gasteiger partial charge on any atom is 0.255 e. The van der Waals surface area contributed by atoms with Crippen LogP contribution >= 0.6 is 0 Å². The van der Waals surface area contributed by atoms with Crippen molar-refractivity contribution in [1.29, 1.82) is 0 Å². The van der Waals surface area contributed by atoms with Gasteiger partial charge in [-0.2, -0.15) is 0 Å². The monoisotopic (exact) mass is 259 g/mol. The summed E-state index contributed by atoms with van der Waals surface area (Å²) in [5.74, 6) is 0.542. The Labute approximate surface area is 112 Å². The molecule has 5 heteroatoms. The SMILES string of the molecule is O=C(c1cccnc1)N1CCN(C(=O)C2CC2)CC1. The zero-order chi connectivity index (χ0) is 13.2. The molecule has 0 bridgehead atoms. The Morgan fingerprint density at radius 3 is 2.37 bits per heavy atom. The van der Waals surface area contributed by atoms with Gasteiger partial charge in [0.1, 0.15) is 0 Å². The maximum absolute atomic E-state index is 12.2. The topological polar surface area (TPSA) is 53.5 Å². The van der Waals surface area contributed by atoms with Gasteiger partial charge >= 0.3 is 0 Å². The average Bonchev–Trinajstić information content (AvgIpc) is 3.31. The van der Waals surface area contributed by atoms with E-state index in [0.717, 1.165) is 12.8 Å². The maximum atomic E-state index is 12.2. The van der Waals surface area contributed by atoms with Crippen molar-refractivity contribution in [2.45, 2.75) is 12.8 Å². The van der Waals surface area contributed by atoms with Crippen molar-refractivity contribution in [3.8, 4) is 0 Å². The molecule has 2 fully saturated rings. The summed E-state index contributed by atoms with van der Waals surface area (Å²) in [6.45, 7) is 2.54. The first kappa shape index (κ1) is 12.1. The second-order valence-corrected chi connectivity index (χ2v) is 5.13. The first-order valence-electron chi connectivity index (χ1n) is 6.74. The number of hydrogen-bond acceptors (Lipinski definition) is 3. The van der Waals surface area contributed by atoms with Crippen LogP contribution in [0.1, 0.15) is 23.2 Å². The van der Waals surface area contributed by atoms with Crippen molar-refractivity contribution in [2.24, 2.45) is 5.92 Å². The molecule has 0 spiro atoms. The van der Waals surface area contributed by atoms with Crippen LogP contribution in [0, 0.1) is 5.92 Å². The van der Waals surface area contributed by atoms with E-state index in [-0.39, 0.29) is 17.7 Å². The third kappa shape index (κ3) is 2.59. The number of aromatic nitrogens is 1. The van der Waals surface area contributed by atoms with E-state index in [1.165, 1.54) is 0 Å². The zero-order valence-corrected chi connectivity index (χ0v) is 10.8. The fourth-order valence-electron chi connectivity index (χ4n) is 2.39. The van der Waals surface area contributed by atoms with E-state index in [1.54, 1.807) is 29.4 Å². The minimum Gasteiger partial charge on any atom is -0.339 e. The van der Waals surface area contributed by atoms with Crippen LogP contribution in [0.3, 0.4) is 0 Å². The molecule has 0 N–H and O–H groups in total. The van der Waals surface area contributed by atoms with E-state index in [4.69, 9.17) is 0 Å². The summed E-state index contributed by atoms with van der Waals surface area (Å²) in [5.41, 5.74) is 0.615. The van der Waals surface area contributed by atoms with Gasteiger partial charge in [-0.05, 0) is 25.0 Å². The first-order valence-corrected chi connectivity index (χ1v) is 6.74. The number of pyridine rings is 1. The van der Waals surface area contributed by atoms with Gasteiger partial charge < -0.3 is 9.80 Å². The highest BCUT2D eigenvalue weighted by molar-refractivity contribution is 5.94. The molecule has 1 saturated carbocycles. The van der Waals surface area contributed by atoms with Gasteiger partial charge in [0.15, 0.2) is 0 Å². The molecule has 1 aliphatic carbocycles. The number of carbonyl (C=O) groups is 2. The molecule has 0 unspecified atom stereocenters. The van der Waals surface area contributed by atoms with Crippen LogP contribution in [0.4, 0.5) is 0 Å². The molecule has 1 aliphatic heterocycles. The highest BCUT2D eigenvalue weighted by Crippen LogP contribution is 2.31. The Morgan fingerprint density at radius 2 is 1.79 bits per heavy atom. The van der Waals surface area contributed by atoms with Crippen molar-refractivity contribution >= 4 is 11.8 Å². The summed E-state index contributed by atoms with van der Waals surface area (Å²) in [6.07, 6.45) is 5.31. The average molecular weight is 259 g/mol. The van der Waals surface area contributed by atoms with Gasteiger partial charge in [-0.1, -0.05) is 0 Å². The molecule has 2 amide bonds. The quantitative estimate of drug-likeness (QED) is 0.788. The molecule has 1 saturated heterocycles. The van der Waals surface area contributed by atoms with Crippen LogP contribution in [0.2, 0.25) is 0 Å². The van der Waals surface area contributed by atoms with E-state index in [1.807, 2.05) is 4.90 Å². The zero-order valence-electron chi connectivity index (χ0n) is 10.8. The number of hydrogen-bond donors (Lipinski definition) is 0. The van der Waals surface area contributed by atoms with Gasteiger partial charge in [-0.25, -0.2) is 0 Å². The Bertz CT molecular complexity index is 477. The summed E-state index contributed by atoms with van der Waals surface area (Å²) >= 11 is 0. The lowest BCUT2D eigenvalue weighted by Crippen LogP contribution is -2.51. The lowest BCUT2D eigenvalue weighted by Gasteiger charge is -2.34. The van der Waals surface area contributed by atoms with Gasteiger partial charge in [0.2, 0.25) is 5.91 Å². The number of carbonyl (C=O) groups excluding carboxylic acids is 2. The highest BCUT2D eigenvalue weighted by Gasteiger charge is 2.35. The fourth-order valence-corrected chi connectivity index (χ4v) is 2.39. The van der Waals surface area contributed by atoms with Crippen LogP contribution in [0.25, 0.3) is 0 Å². The number of nitrogens with zero attached hydrogens (tertiary/aromatic N) is 3. The summed E-state index contributed by atoms with van der Waals surface area (Å²) in [4.78, 5) is 31.8. The van der Waals surface area contributed by atoms with E-state index in [2.05, 4.69) is 4.98 Å². The molecule has 1 aromatic rings. The van der Waals surface area contributed by atoms with E-state index in [9.17, 15) is 9.59 Å². The number of amides is 2. The third-order valence-corrected chi connectivity index (χ3v) is 3.71. The largest absolute Gasteiger partial charge is 0.339 e. The van der Waals surface area contributed by atoms with Gasteiger partial charge in [0, 0.05) is 44.5 Å². The molecule has 3 rings (SSSR count). The number of piperazine rings is 1. The summed E-state index contributed by atoms with van der Waals surface area (Å²) in [5, 5.41) is 0. The summed E-state index contributed by atoms with van der Waals surface area (Å²) in [6, 6.07) is 3.54. The molecule has 19 heavy (non-hydrogen) atoms. The van der Waals surface area contributed by atoms with Crippen LogP contribution in [0.5, 0.6) is 0 Å². The second kappa shape index (κ2) is 4.99. The predicted molar refractivity (Wildman–Crippen MR) is 69.4 cm³/mol. The van der Waals surface area contributed by atoms with Crippen molar-refractivity contribution in [3.63, 3.8) is 0 Å². The van der Waals surface area contributed by atoms with Gasteiger partial charge in [-0.15, -0.1) is 0 Å². The van der Waals surface area contributed by atoms with Crippen molar-refractivity contribution in [2.75, 3.05) is 26.2 Å². The standard InChI is InChI=1S/C14H17N3O2/c18-13(11-3-4-11)16-6-8-17(9-7-16)14(19)12-2-1-5-15-10-12/h1-2,5,10-11H,3-4,6-9H2. The molecular formula is C14H17N3O2. The first-order chi connectivity index (χ1) is 9.25. The lowest BCUT2D eigenvalue weighted by atomic mass is 10.2. The van der Waals surface area contributed by atoms with Crippen LogP contribution in [0.15, 0.2) is 24.5 Å². The van der Waals surface area contributed by atoms with Gasteiger partial charge in [0.05, 0.1) is 5.56 Å². The number of rotatable bonds is 2. The Balaban J connectivity index is 1.58. The molecular weight excluding hydrogens is 242 g/mol. The Hall–Kier alpha value is -1.91.